The summed E-state index contributed by atoms with van der Waals surface area (Å²) in [7, 11) is 0. The molecule has 4 heterocycles. The summed E-state index contributed by atoms with van der Waals surface area (Å²) in [5, 5.41) is 18.4. The highest BCUT2D eigenvalue weighted by atomic mass is 32.2. The predicted octanol–water partition coefficient (Wildman–Crippen LogP) is 1.74. The van der Waals surface area contributed by atoms with Crippen molar-refractivity contribution in [3.63, 3.8) is 0 Å². The lowest BCUT2D eigenvalue weighted by Gasteiger charge is -2.37. The van der Waals surface area contributed by atoms with E-state index in [0.717, 1.165) is 24.7 Å². The van der Waals surface area contributed by atoms with Gasteiger partial charge in [-0.1, -0.05) is 6.42 Å². The van der Waals surface area contributed by atoms with Gasteiger partial charge in [-0.3, -0.25) is 14.4 Å². The largest absolute Gasteiger partial charge is 0.477 e. The number of nitrogens with zero attached hydrogens (tertiary/aromatic N) is 3. The number of unbranched alkanes of at least 4 members (excludes halogenated alkanes) is 1. The molecule has 3 aliphatic heterocycles. The van der Waals surface area contributed by atoms with E-state index < -0.39 is 28.8 Å². The lowest BCUT2D eigenvalue weighted by Crippen LogP contribution is -2.54. The average molecular weight is 617 g/mol. The van der Waals surface area contributed by atoms with Crippen molar-refractivity contribution in [1.29, 1.82) is 0 Å². The number of carbonyl (C=O) groups excluding carboxylic acids is 3. The number of thioether (sulfide) groups is 1. The fraction of sp³-hybridized carbons (Fsp3) is 0.552. The number of carbonyl (C=O) groups is 4. The van der Waals surface area contributed by atoms with Crippen LogP contribution in [0.2, 0.25) is 0 Å². The van der Waals surface area contributed by atoms with Crippen LogP contribution >= 0.6 is 11.8 Å². The summed E-state index contributed by atoms with van der Waals surface area (Å²) in [6.45, 7) is 5.25. The molecule has 4 atom stereocenters. The van der Waals surface area contributed by atoms with Crippen LogP contribution in [0.5, 0.6) is 0 Å². The molecular weight excluding hydrogens is 579 g/mol. The smallest absolute Gasteiger partial charge is 0.341 e. The molecule has 1 aromatic heterocycles. The van der Waals surface area contributed by atoms with Gasteiger partial charge in [-0.25, -0.2) is 14.0 Å². The maximum Gasteiger partial charge on any atom is 0.341 e. The van der Waals surface area contributed by atoms with Gasteiger partial charge in [-0.2, -0.15) is 11.8 Å². The van der Waals surface area contributed by atoms with Gasteiger partial charge in [0.05, 0.1) is 23.3 Å². The molecule has 3 saturated heterocycles. The third-order valence-corrected chi connectivity index (χ3v) is 9.99. The summed E-state index contributed by atoms with van der Waals surface area (Å²) in [6.07, 6.45) is 4.06. The van der Waals surface area contributed by atoms with Gasteiger partial charge in [0, 0.05) is 61.7 Å². The van der Waals surface area contributed by atoms with Gasteiger partial charge in [-0.05, 0) is 38.8 Å². The first-order valence-corrected chi connectivity index (χ1v) is 15.7. The Labute approximate surface area is 252 Å². The first kappa shape index (κ1) is 30.6. The van der Waals surface area contributed by atoms with Crippen molar-refractivity contribution in [2.75, 3.05) is 36.8 Å². The minimum absolute atomic E-state index is 0.00653. The Morgan fingerprint density at radius 3 is 2.58 bits per heavy atom. The molecule has 1 aromatic carbocycles. The monoisotopic (exact) mass is 616 g/mol. The molecule has 0 spiro atoms. The number of carboxylic acids is 1. The van der Waals surface area contributed by atoms with E-state index in [4.69, 9.17) is 0 Å². The second-order valence-corrected chi connectivity index (χ2v) is 12.5. The van der Waals surface area contributed by atoms with E-state index in [0.29, 0.717) is 56.3 Å². The average Bonchev–Trinajstić information content (AvgIpc) is 3.54. The number of hydrogen-bond donors (Lipinski definition) is 4. The fourth-order valence-electron chi connectivity index (χ4n) is 6.15. The normalized spacial score (nSPS) is 22.2. The van der Waals surface area contributed by atoms with Crippen LogP contribution in [0.4, 0.5) is 14.9 Å². The van der Waals surface area contributed by atoms with E-state index in [1.807, 2.05) is 18.7 Å². The van der Waals surface area contributed by atoms with Crippen LogP contribution in [-0.4, -0.2) is 93.7 Å². The Kier molecular flexibility index (Phi) is 9.13. The number of carboxylic acid groups (broad SMARTS) is 1. The molecule has 2 aromatic rings. The van der Waals surface area contributed by atoms with Gasteiger partial charge >= 0.3 is 12.0 Å². The highest BCUT2D eigenvalue weighted by molar-refractivity contribution is 8.00. The number of urea groups is 1. The lowest BCUT2D eigenvalue weighted by atomic mass is 10.0. The molecule has 0 unspecified atom stereocenters. The summed E-state index contributed by atoms with van der Waals surface area (Å²) < 4.78 is 16.8. The summed E-state index contributed by atoms with van der Waals surface area (Å²) in [4.78, 5) is 64.7. The van der Waals surface area contributed by atoms with Crippen molar-refractivity contribution in [2.45, 2.75) is 69.5 Å². The fourth-order valence-corrected chi connectivity index (χ4v) is 7.69. The first-order chi connectivity index (χ1) is 20.6. The van der Waals surface area contributed by atoms with Crippen molar-refractivity contribution in [3.8, 4) is 0 Å². The van der Waals surface area contributed by atoms with Crippen LogP contribution in [0.1, 0.15) is 49.9 Å². The van der Waals surface area contributed by atoms with Gasteiger partial charge in [0.2, 0.25) is 17.2 Å². The van der Waals surface area contributed by atoms with Crippen LogP contribution in [0.25, 0.3) is 10.9 Å². The van der Waals surface area contributed by atoms with E-state index in [9.17, 15) is 29.1 Å². The zero-order valence-electron chi connectivity index (χ0n) is 24.2. The zero-order valence-corrected chi connectivity index (χ0v) is 25.0. The number of piperazine rings is 1. The number of benzene rings is 1. The Morgan fingerprint density at radius 2 is 1.88 bits per heavy atom. The van der Waals surface area contributed by atoms with Gasteiger partial charge in [0.25, 0.3) is 0 Å². The van der Waals surface area contributed by atoms with Crippen LogP contribution < -0.4 is 26.3 Å². The number of hydrogen-bond acceptors (Lipinski definition) is 7. The molecule has 232 valence electrons. The summed E-state index contributed by atoms with van der Waals surface area (Å²) in [6, 6.07) is 2.18. The Morgan fingerprint density at radius 1 is 1.14 bits per heavy atom. The number of amides is 4. The third kappa shape index (κ3) is 6.43. The topological polar surface area (TPSA) is 153 Å². The first-order valence-electron chi connectivity index (χ1n) is 14.7. The second-order valence-electron chi connectivity index (χ2n) is 11.3. The van der Waals surface area contributed by atoms with E-state index in [1.165, 1.54) is 6.20 Å². The SMILES string of the molecule is CCn1cc(C(=O)O)c(=O)c2cc(F)c(N3CCN(C(=O)[C@H](C)NC(=O)CCCC[C@@H]4SC[C@@H]5NC(=O)N[C@@H]54)CC3)cc21. The van der Waals surface area contributed by atoms with Crippen molar-refractivity contribution in [3.05, 3.63) is 39.9 Å². The summed E-state index contributed by atoms with van der Waals surface area (Å²) in [5.74, 6) is -1.48. The van der Waals surface area contributed by atoms with E-state index in [1.54, 1.807) is 27.4 Å². The minimum atomic E-state index is -1.36. The zero-order chi connectivity index (χ0) is 30.8. The van der Waals surface area contributed by atoms with Gasteiger partial charge in [0.15, 0.2) is 0 Å². The quantitative estimate of drug-likeness (QED) is 0.233. The second kappa shape index (κ2) is 12.8. The molecule has 12 nitrogen and oxygen atoms in total. The number of fused-ring (bicyclic) bond motifs is 2. The van der Waals surface area contributed by atoms with Crippen LogP contribution in [0, 0.1) is 5.82 Å². The molecule has 14 heteroatoms. The number of aryl methyl sites for hydroxylation is 1. The summed E-state index contributed by atoms with van der Waals surface area (Å²) >= 11 is 1.84. The molecule has 0 saturated carbocycles. The maximum absolute atomic E-state index is 15.2. The van der Waals surface area contributed by atoms with E-state index in [2.05, 4.69) is 16.0 Å². The Bertz CT molecular complexity index is 1490. The highest BCUT2D eigenvalue weighted by Gasteiger charge is 2.42. The molecule has 4 N–H and O–H groups in total. The van der Waals surface area contributed by atoms with Crippen molar-refractivity contribution < 1.29 is 28.7 Å². The number of aromatic carboxylic acids is 1. The molecule has 5 rings (SSSR count). The molecule has 0 radical (unpaired) electrons. The molecule has 0 aliphatic carbocycles. The van der Waals surface area contributed by atoms with Crippen molar-refractivity contribution in [2.24, 2.45) is 0 Å². The van der Waals surface area contributed by atoms with Crippen LogP contribution in [0.15, 0.2) is 23.1 Å². The van der Waals surface area contributed by atoms with Gasteiger partial charge in [0.1, 0.15) is 17.4 Å². The molecular formula is C29H37FN6O6S. The number of pyridine rings is 1. The van der Waals surface area contributed by atoms with Gasteiger partial charge < -0.3 is 35.4 Å². The Hall–Kier alpha value is -3.81. The number of rotatable bonds is 10. The molecule has 3 aliphatic rings. The number of aromatic nitrogens is 1. The molecule has 3 fully saturated rings. The van der Waals surface area contributed by atoms with Crippen LogP contribution in [0.3, 0.4) is 0 Å². The molecule has 4 amide bonds. The Balaban J connectivity index is 1.11. The predicted molar refractivity (Wildman–Crippen MR) is 161 cm³/mol. The number of halogens is 1. The molecule has 0 bridgehead atoms. The minimum Gasteiger partial charge on any atom is -0.477 e. The van der Waals surface area contributed by atoms with Gasteiger partial charge in [-0.15, -0.1) is 0 Å². The number of nitrogens with one attached hydrogen (secondary N) is 3. The summed E-state index contributed by atoms with van der Waals surface area (Å²) in [5.41, 5.74) is -0.415. The van der Waals surface area contributed by atoms with E-state index in [-0.39, 0.29) is 41.0 Å². The standard InChI is InChI=1S/C29H37FN6O6S/c1-3-34-14-18(28(40)41)26(38)17-12-19(30)22(13-21(17)34)35-8-10-36(11-9-35)27(39)16(2)31-24(37)7-5-4-6-23-25-20(15-43-23)32-29(42)33-25/h12-14,16,20,23,25H,3-11,15H2,1-2H3,(H,31,37)(H,40,41)(H2,32,33,42)/t16-,20-,23-,25-/m0/s1. The van der Waals surface area contributed by atoms with Crippen molar-refractivity contribution >= 4 is 52.2 Å². The highest BCUT2D eigenvalue weighted by Crippen LogP contribution is 2.33. The van der Waals surface area contributed by atoms with E-state index >= 15 is 4.39 Å². The number of anilines is 1. The lowest BCUT2D eigenvalue weighted by molar-refractivity contribution is -0.136. The maximum atomic E-state index is 15.2. The molecule has 43 heavy (non-hydrogen) atoms. The third-order valence-electron chi connectivity index (χ3n) is 8.48. The van der Waals surface area contributed by atoms with Crippen molar-refractivity contribution in [1.82, 2.24) is 25.4 Å². The van der Waals surface area contributed by atoms with Crippen LogP contribution in [-0.2, 0) is 16.1 Å².